The first-order valence-corrected chi connectivity index (χ1v) is 3.99. The number of amides is 1. The predicted molar refractivity (Wildman–Crippen MR) is 40.2 cm³/mol. The highest BCUT2D eigenvalue weighted by atomic mass is 16.5. The zero-order valence-corrected chi connectivity index (χ0v) is 6.96. The third kappa shape index (κ3) is 0.832. The maximum absolute atomic E-state index is 11.1. The fourth-order valence-corrected chi connectivity index (χ4v) is 2.30. The Balaban J connectivity index is 2.05. The molecule has 2 aliphatic heterocycles. The van der Waals surface area contributed by atoms with Crippen LogP contribution in [0.4, 0.5) is 4.79 Å². The lowest BCUT2D eigenvalue weighted by atomic mass is 9.72. The first-order chi connectivity index (χ1) is 5.14. The number of ether oxygens (including phenoxy) is 1. The molecular weight excluding hydrogens is 142 g/mol. The molecule has 62 valence electrons. The van der Waals surface area contributed by atoms with E-state index in [1.165, 1.54) is 20.0 Å². The molecule has 3 nitrogen and oxygen atoms in total. The van der Waals surface area contributed by atoms with Gasteiger partial charge in [-0.1, -0.05) is 6.92 Å². The van der Waals surface area contributed by atoms with Crippen LogP contribution in [0.2, 0.25) is 0 Å². The Bertz CT molecular complexity index is 196. The van der Waals surface area contributed by atoms with Crippen molar-refractivity contribution in [1.82, 2.24) is 4.90 Å². The number of rotatable bonds is 0. The summed E-state index contributed by atoms with van der Waals surface area (Å²) in [7, 11) is 1.44. The summed E-state index contributed by atoms with van der Waals surface area (Å²) in [6.07, 6.45) is 2.18. The molecule has 0 atom stereocenters. The molecule has 0 aromatic heterocycles. The van der Waals surface area contributed by atoms with Crippen LogP contribution in [0.5, 0.6) is 0 Å². The van der Waals surface area contributed by atoms with Crippen molar-refractivity contribution in [3.63, 3.8) is 0 Å². The topological polar surface area (TPSA) is 29.5 Å². The van der Waals surface area contributed by atoms with E-state index in [2.05, 4.69) is 11.7 Å². The summed E-state index contributed by atoms with van der Waals surface area (Å²) in [5.41, 5.74) is 0.416. The van der Waals surface area contributed by atoms with E-state index in [0.717, 1.165) is 6.54 Å². The molecule has 1 aliphatic carbocycles. The van der Waals surface area contributed by atoms with Crippen LogP contribution in [-0.2, 0) is 4.74 Å². The van der Waals surface area contributed by atoms with Gasteiger partial charge in [0.25, 0.3) is 0 Å². The molecule has 0 N–H and O–H groups in total. The molecule has 1 saturated carbocycles. The van der Waals surface area contributed by atoms with Crippen molar-refractivity contribution in [3.05, 3.63) is 0 Å². The largest absolute Gasteiger partial charge is 0.453 e. The van der Waals surface area contributed by atoms with Crippen molar-refractivity contribution in [2.24, 2.45) is 5.41 Å². The third-order valence-electron chi connectivity index (χ3n) is 2.86. The average molecular weight is 155 g/mol. The van der Waals surface area contributed by atoms with Crippen LogP contribution in [0, 0.1) is 5.41 Å². The van der Waals surface area contributed by atoms with Gasteiger partial charge in [0.15, 0.2) is 0 Å². The maximum atomic E-state index is 11.1. The van der Waals surface area contributed by atoms with Gasteiger partial charge < -0.3 is 9.64 Å². The second-order valence-corrected chi connectivity index (χ2v) is 3.97. The quantitative estimate of drug-likeness (QED) is 0.526. The van der Waals surface area contributed by atoms with E-state index in [1.807, 2.05) is 4.90 Å². The monoisotopic (exact) mass is 155 g/mol. The minimum atomic E-state index is -0.156. The van der Waals surface area contributed by atoms with Gasteiger partial charge in [0, 0.05) is 12.6 Å². The van der Waals surface area contributed by atoms with Gasteiger partial charge in [-0.05, 0) is 18.3 Å². The number of carbonyl (C=O) groups is 1. The Morgan fingerprint density at radius 2 is 2.27 bits per heavy atom. The van der Waals surface area contributed by atoms with Crippen molar-refractivity contribution in [3.8, 4) is 0 Å². The molecule has 1 amide bonds. The second kappa shape index (κ2) is 1.90. The van der Waals surface area contributed by atoms with Crippen LogP contribution in [-0.4, -0.2) is 30.7 Å². The number of nitrogens with zero attached hydrogens (tertiary/aromatic N) is 1. The average Bonchev–Trinajstić information content (AvgIpc) is 2.39. The van der Waals surface area contributed by atoms with Crippen LogP contribution < -0.4 is 0 Å². The third-order valence-corrected chi connectivity index (χ3v) is 2.86. The highest BCUT2D eigenvalue weighted by Crippen LogP contribution is 2.51. The number of carbonyl (C=O) groups excluding carboxylic acids is 1. The summed E-state index contributed by atoms with van der Waals surface area (Å²) in [5.74, 6) is 0. The fraction of sp³-hybridized carbons (Fsp3) is 0.875. The maximum Gasteiger partial charge on any atom is 0.409 e. The fourth-order valence-electron chi connectivity index (χ4n) is 2.30. The number of hydrogen-bond donors (Lipinski definition) is 0. The molecule has 0 radical (unpaired) electrons. The van der Waals surface area contributed by atoms with Gasteiger partial charge in [-0.3, -0.25) is 0 Å². The Hall–Kier alpha value is -0.730. The van der Waals surface area contributed by atoms with E-state index in [-0.39, 0.29) is 6.09 Å². The summed E-state index contributed by atoms with van der Waals surface area (Å²) in [5, 5.41) is 0. The molecule has 0 aromatic carbocycles. The molecule has 0 aromatic rings. The van der Waals surface area contributed by atoms with Crippen molar-refractivity contribution >= 4 is 6.09 Å². The van der Waals surface area contributed by atoms with E-state index in [1.54, 1.807) is 0 Å². The molecular formula is C8H13NO2. The lowest BCUT2D eigenvalue weighted by Crippen LogP contribution is -2.35. The van der Waals surface area contributed by atoms with Gasteiger partial charge in [-0.25, -0.2) is 4.79 Å². The number of hydrogen-bond acceptors (Lipinski definition) is 2. The van der Waals surface area contributed by atoms with E-state index < -0.39 is 0 Å². The lowest BCUT2D eigenvalue weighted by molar-refractivity contribution is 0.119. The summed E-state index contributed by atoms with van der Waals surface area (Å²) in [6, 6.07) is 0.479. The Kier molecular flexibility index (Phi) is 1.20. The molecule has 3 rings (SSSR count). The van der Waals surface area contributed by atoms with Gasteiger partial charge in [0.05, 0.1) is 7.11 Å². The smallest absolute Gasteiger partial charge is 0.409 e. The van der Waals surface area contributed by atoms with Gasteiger partial charge in [-0.2, -0.15) is 0 Å². The van der Waals surface area contributed by atoms with Crippen LogP contribution in [0.15, 0.2) is 0 Å². The Morgan fingerprint density at radius 1 is 1.64 bits per heavy atom. The minimum absolute atomic E-state index is 0.156. The van der Waals surface area contributed by atoms with Crippen LogP contribution in [0.3, 0.4) is 0 Å². The highest BCUT2D eigenvalue weighted by Gasteiger charge is 2.53. The van der Waals surface area contributed by atoms with Crippen LogP contribution in [0.25, 0.3) is 0 Å². The summed E-state index contributed by atoms with van der Waals surface area (Å²) in [6.45, 7) is 3.12. The van der Waals surface area contributed by atoms with Crippen molar-refractivity contribution in [2.75, 3.05) is 13.7 Å². The molecule has 0 spiro atoms. The first-order valence-electron chi connectivity index (χ1n) is 3.99. The molecule has 3 fully saturated rings. The zero-order valence-electron chi connectivity index (χ0n) is 6.96. The molecule has 0 unspecified atom stereocenters. The molecule has 2 bridgehead atoms. The SMILES string of the molecule is COC(=O)N1CC2(C)CC1C2. The van der Waals surface area contributed by atoms with Crippen molar-refractivity contribution in [1.29, 1.82) is 0 Å². The molecule has 3 heteroatoms. The van der Waals surface area contributed by atoms with E-state index in [4.69, 9.17) is 0 Å². The summed E-state index contributed by atoms with van der Waals surface area (Å²) < 4.78 is 4.66. The minimum Gasteiger partial charge on any atom is -0.453 e. The number of methoxy groups -OCH3 is 1. The van der Waals surface area contributed by atoms with Crippen molar-refractivity contribution < 1.29 is 9.53 Å². The first kappa shape index (κ1) is 6.95. The van der Waals surface area contributed by atoms with E-state index >= 15 is 0 Å². The predicted octanol–water partition coefficient (Wildman–Crippen LogP) is 1.24. The van der Waals surface area contributed by atoms with Crippen LogP contribution in [0.1, 0.15) is 19.8 Å². The molecule has 2 saturated heterocycles. The normalized spacial score (nSPS) is 40.2. The summed E-state index contributed by atoms with van der Waals surface area (Å²) >= 11 is 0. The second-order valence-electron chi connectivity index (χ2n) is 3.97. The Morgan fingerprint density at radius 3 is 2.64 bits per heavy atom. The lowest BCUT2D eigenvalue weighted by Gasteiger charge is -2.32. The zero-order chi connectivity index (χ0) is 8.06. The highest BCUT2D eigenvalue weighted by molar-refractivity contribution is 5.69. The molecule has 2 heterocycles. The van der Waals surface area contributed by atoms with Gasteiger partial charge >= 0.3 is 6.09 Å². The van der Waals surface area contributed by atoms with Gasteiger partial charge in [-0.15, -0.1) is 0 Å². The van der Waals surface area contributed by atoms with E-state index in [0.29, 0.717) is 11.5 Å². The van der Waals surface area contributed by atoms with Gasteiger partial charge in [0.1, 0.15) is 0 Å². The number of fused-ring (bicyclic) bond motifs is 1. The van der Waals surface area contributed by atoms with Crippen molar-refractivity contribution in [2.45, 2.75) is 25.8 Å². The van der Waals surface area contributed by atoms with E-state index in [9.17, 15) is 4.79 Å². The van der Waals surface area contributed by atoms with Crippen LogP contribution >= 0.6 is 0 Å². The standard InChI is InChI=1S/C8H13NO2/c1-8-3-6(4-8)9(5-8)7(10)11-2/h6H,3-5H2,1-2H3. The Labute approximate surface area is 66.3 Å². The summed E-state index contributed by atoms with van der Waals surface area (Å²) in [4.78, 5) is 12.9. The molecule has 11 heavy (non-hydrogen) atoms. The van der Waals surface area contributed by atoms with Gasteiger partial charge in [0.2, 0.25) is 0 Å². The molecule has 3 aliphatic rings.